The fraction of sp³-hybridized carbons (Fsp3) is 0.737. The zero-order valence-electron chi connectivity index (χ0n) is 16.1. The van der Waals surface area contributed by atoms with Crippen LogP contribution >= 0.6 is 0 Å². The lowest BCUT2D eigenvalue weighted by Crippen LogP contribution is -2.02. The van der Waals surface area contributed by atoms with Gasteiger partial charge >= 0.3 is 7.25 Å². The molecule has 152 valence electrons. The number of H-pyrrole nitrogens is 1. The van der Waals surface area contributed by atoms with Crippen LogP contribution in [0.4, 0.5) is 17.3 Å². The van der Waals surface area contributed by atoms with Gasteiger partial charge in [-0.1, -0.05) is 84.1 Å². The van der Waals surface area contributed by atoms with Gasteiger partial charge in [-0.25, -0.2) is 4.98 Å². The van der Waals surface area contributed by atoms with Gasteiger partial charge in [-0.2, -0.15) is 0 Å². The molecule has 1 aromatic rings. The van der Waals surface area contributed by atoms with Crippen molar-refractivity contribution in [3.8, 4) is 0 Å². The average Bonchev–Trinajstić information content (AvgIpc) is 3.02. The maximum atomic E-state index is 9.75. The van der Waals surface area contributed by atoms with Crippen molar-refractivity contribution < 1.29 is 17.3 Å². The third-order valence-electron chi connectivity index (χ3n) is 4.13. The first kappa shape index (κ1) is 24.7. The Morgan fingerprint density at radius 1 is 0.885 bits per heavy atom. The van der Waals surface area contributed by atoms with E-state index in [4.69, 9.17) is 0 Å². The summed E-state index contributed by atoms with van der Waals surface area (Å²) in [5.41, 5.74) is 1.18. The maximum absolute atomic E-state index is 9.75. The lowest BCUT2D eigenvalue weighted by Gasteiger charge is -2.02. The summed E-state index contributed by atoms with van der Waals surface area (Å²) in [5, 5.41) is 0. The molecule has 0 amide bonds. The summed E-state index contributed by atoms with van der Waals surface area (Å²) < 4.78 is 39.0. The third kappa shape index (κ3) is 19.1. The average molecular weight is 377 g/mol. The minimum absolute atomic E-state index is 0.893. The van der Waals surface area contributed by atoms with E-state index in [1.165, 1.54) is 82.7 Å². The molecule has 0 saturated heterocycles. The van der Waals surface area contributed by atoms with Crippen LogP contribution in [0.15, 0.2) is 12.8 Å². The van der Waals surface area contributed by atoms with Crippen LogP contribution in [0, 0.1) is 0 Å². The standard InChI is InChI=1S/C19H34N2.BF4/c1-3-5-6-7-8-9-10-11-12-13-14-15-16-18-17-20-19(4-2)21-18;2-1(3,4)5/h4,17H,2-3,5-16H2,1H3,(H,20,21);/q;-1. The molecule has 0 fully saturated rings. The topological polar surface area (TPSA) is 28.7 Å². The molecule has 1 heterocycles. The van der Waals surface area contributed by atoms with Gasteiger partial charge in [0.2, 0.25) is 0 Å². The van der Waals surface area contributed by atoms with E-state index in [0.717, 1.165) is 12.2 Å². The van der Waals surface area contributed by atoms with Gasteiger partial charge in [-0.05, 0) is 18.9 Å². The van der Waals surface area contributed by atoms with Crippen molar-refractivity contribution >= 4 is 13.3 Å². The van der Waals surface area contributed by atoms with Crippen LogP contribution in [-0.2, 0) is 6.42 Å². The van der Waals surface area contributed by atoms with Gasteiger partial charge in [0.05, 0.1) is 5.69 Å². The molecule has 0 spiro atoms. The monoisotopic (exact) mass is 377 g/mol. The number of nitrogens with zero attached hydrogens (tertiary/aromatic N) is 1. The lowest BCUT2D eigenvalue weighted by atomic mass is 10.0. The van der Waals surface area contributed by atoms with E-state index in [2.05, 4.69) is 23.5 Å². The molecule has 2 nitrogen and oxygen atoms in total. The van der Waals surface area contributed by atoms with Gasteiger partial charge in [0.1, 0.15) is 5.82 Å². The van der Waals surface area contributed by atoms with Crippen LogP contribution in [0.25, 0.3) is 6.08 Å². The van der Waals surface area contributed by atoms with E-state index in [1.807, 2.05) is 6.20 Å². The Labute approximate surface area is 156 Å². The SMILES string of the molecule is C=Cc1nc(CCCCCCCCCCCCCC)c[nH]1.F[B-](F)(F)F. The first-order valence-corrected chi connectivity index (χ1v) is 9.91. The lowest BCUT2D eigenvalue weighted by molar-refractivity contribution is 0.368. The smallest absolute Gasteiger partial charge is 0.418 e. The molecule has 0 aromatic carbocycles. The molecule has 0 saturated carbocycles. The van der Waals surface area contributed by atoms with Crippen LogP contribution in [0.1, 0.15) is 95.5 Å². The third-order valence-corrected chi connectivity index (χ3v) is 4.13. The van der Waals surface area contributed by atoms with Gasteiger partial charge in [-0.3, -0.25) is 0 Å². The predicted molar refractivity (Wildman–Crippen MR) is 104 cm³/mol. The van der Waals surface area contributed by atoms with Crippen molar-refractivity contribution in [1.82, 2.24) is 9.97 Å². The molecule has 7 heteroatoms. The number of rotatable bonds is 14. The summed E-state index contributed by atoms with van der Waals surface area (Å²) in [7, 11) is -6.00. The fourth-order valence-corrected chi connectivity index (χ4v) is 2.76. The molecule has 0 atom stereocenters. The second kappa shape index (κ2) is 15.9. The Morgan fingerprint density at radius 3 is 1.69 bits per heavy atom. The van der Waals surface area contributed by atoms with Crippen molar-refractivity contribution in [2.45, 2.75) is 90.4 Å². The minimum atomic E-state index is -6.00. The molecule has 26 heavy (non-hydrogen) atoms. The zero-order chi connectivity index (χ0) is 19.7. The quantitative estimate of drug-likeness (QED) is 0.202. The molecule has 1 N–H and O–H groups in total. The van der Waals surface area contributed by atoms with E-state index >= 15 is 0 Å². The first-order chi connectivity index (χ1) is 12.4. The second-order valence-corrected chi connectivity index (χ2v) is 6.62. The zero-order valence-corrected chi connectivity index (χ0v) is 16.1. The molecular formula is C19H34BF4N2-. The van der Waals surface area contributed by atoms with Crippen LogP contribution in [0.3, 0.4) is 0 Å². The summed E-state index contributed by atoms with van der Waals surface area (Å²) in [6.07, 6.45) is 21.7. The van der Waals surface area contributed by atoms with E-state index in [0.29, 0.717) is 0 Å². The Bertz CT molecular complexity index is 441. The normalized spacial score (nSPS) is 11.1. The molecular weight excluding hydrogens is 343 g/mol. The Balaban J connectivity index is 0.00000110. The number of halogens is 4. The highest BCUT2D eigenvalue weighted by Crippen LogP contribution is 2.13. The highest BCUT2D eigenvalue weighted by molar-refractivity contribution is 6.50. The molecule has 1 aromatic heterocycles. The largest absolute Gasteiger partial charge is 0.673 e. The maximum Gasteiger partial charge on any atom is 0.673 e. The molecule has 0 aliphatic rings. The molecule has 0 aliphatic heterocycles. The van der Waals surface area contributed by atoms with E-state index < -0.39 is 7.25 Å². The number of nitrogens with one attached hydrogen (secondary N) is 1. The van der Waals surface area contributed by atoms with Crippen LogP contribution in [-0.4, -0.2) is 17.2 Å². The number of aromatic nitrogens is 2. The molecule has 0 bridgehead atoms. The summed E-state index contributed by atoms with van der Waals surface area (Å²) in [5.74, 6) is 0.893. The van der Waals surface area contributed by atoms with Crippen LogP contribution in [0.5, 0.6) is 0 Å². The summed E-state index contributed by atoms with van der Waals surface area (Å²) in [4.78, 5) is 7.56. The van der Waals surface area contributed by atoms with Gasteiger partial charge in [0, 0.05) is 6.20 Å². The molecule has 0 unspecified atom stereocenters. The number of hydrogen-bond acceptors (Lipinski definition) is 1. The Hall–Kier alpha value is -1.27. The van der Waals surface area contributed by atoms with Crippen molar-refractivity contribution in [2.75, 3.05) is 0 Å². The highest BCUT2D eigenvalue weighted by Gasteiger charge is 2.20. The highest BCUT2D eigenvalue weighted by atomic mass is 19.5. The van der Waals surface area contributed by atoms with E-state index in [1.54, 1.807) is 6.08 Å². The predicted octanol–water partition coefficient (Wildman–Crippen LogP) is 7.60. The number of hydrogen-bond donors (Lipinski definition) is 1. The number of unbranched alkanes of at least 4 members (excludes halogenated alkanes) is 11. The minimum Gasteiger partial charge on any atom is -0.418 e. The van der Waals surface area contributed by atoms with Crippen molar-refractivity contribution in [3.63, 3.8) is 0 Å². The number of aryl methyl sites for hydroxylation is 1. The Morgan fingerprint density at radius 2 is 1.31 bits per heavy atom. The number of aromatic amines is 1. The summed E-state index contributed by atoms with van der Waals surface area (Å²) in [6, 6.07) is 0. The van der Waals surface area contributed by atoms with Crippen LogP contribution in [0.2, 0.25) is 0 Å². The van der Waals surface area contributed by atoms with Gasteiger partial charge in [0.25, 0.3) is 0 Å². The first-order valence-electron chi connectivity index (χ1n) is 9.91. The fourth-order valence-electron chi connectivity index (χ4n) is 2.76. The van der Waals surface area contributed by atoms with Crippen molar-refractivity contribution in [2.24, 2.45) is 0 Å². The van der Waals surface area contributed by atoms with Gasteiger partial charge < -0.3 is 22.2 Å². The molecule has 0 radical (unpaired) electrons. The van der Waals surface area contributed by atoms with Crippen molar-refractivity contribution in [3.05, 3.63) is 24.3 Å². The van der Waals surface area contributed by atoms with Gasteiger partial charge in [-0.15, -0.1) is 0 Å². The number of imidazole rings is 1. The van der Waals surface area contributed by atoms with Crippen LogP contribution < -0.4 is 0 Å². The Kier molecular flexibility index (Phi) is 15.2. The summed E-state index contributed by atoms with van der Waals surface area (Å²) in [6.45, 7) is 6.00. The molecule has 1 rings (SSSR count). The summed E-state index contributed by atoms with van der Waals surface area (Å²) >= 11 is 0. The second-order valence-electron chi connectivity index (χ2n) is 6.62. The molecule has 0 aliphatic carbocycles. The van der Waals surface area contributed by atoms with E-state index in [9.17, 15) is 17.3 Å². The van der Waals surface area contributed by atoms with Gasteiger partial charge in [0.15, 0.2) is 0 Å². The van der Waals surface area contributed by atoms with E-state index in [-0.39, 0.29) is 0 Å². The van der Waals surface area contributed by atoms with Crippen molar-refractivity contribution in [1.29, 1.82) is 0 Å².